The predicted molar refractivity (Wildman–Crippen MR) is 94.2 cm³/mol. The van der Waals surface area contributed by atoms with E-state index < -0.39 is 0 Å². The van der Waals surface area contributed by atoms with Gasteiger partial charge in [0.1, 0.15) is 17.1 Å². The van der Waals surface area contributed by atoms with Crippen molar-refractivity contribution >= 4 is 16.9 Å². The predicted octanol–water partition coefficient (Wildman–Crippen LogP) is 4.31. The number of hydrogen-bond acceptors (Lipinski definition) is 3. The third-order valence-electron chi connectivity index (χ3n) is 3.94. The van der Waals surface area contributed by atoms with Gasteiger partial charge in [-0.25, -0.2) is 0 Å². The molecule has 1 unspecified atom stereocenters. The van der Waals surface area contributed by atoms with Gasteiger partial charge >= 0.3 is 0 Å². The Kier molecular flexibility index (Phi) is 4.56. The average Bonchev–Trinajstić information content (AvgIpc) is 2.98. The zero-order valence-corrected chi connectivity index (χ0v) is 14.1. The highest BCUT2D eigenvalue weighted by Gasteiger charge is 2.14. The molecule has 0 aliphatic heterocycles. The molecular formula is C20H21NO3. The molecular weight excluding hydrogens is 302 g/mol. The number of fused-ring (bicyclic) bond motifs is 1. The van der Waals surface area contributed by atoms with Crippen molar-refractivity contribution < 1.29 is 13.9 Å². The molecule has 24 heavy (non-hydrogen) atoms. The molecule has 1 atom stereocenters. The lowest BCUT2D eigenvalue weighted by atomic mass is 10.1. The molecule has 124 valence electrons. The summed E-state index contributed by atoms with van der Waals surface area (Å²) in [6.45, 7) is 5.87. The van der Waals surface area contributed by atoms with Crippen LogP contribution in [0.15, 0.2) is 52.9 Å². The lowest BCUT2D eigenvalue weighted by Crippen LogP contribution is -2.31. The van der Waals surface area contributed by atoms with Crippen LogP contribution in [0.1, 0.15) is 29.9 Å². The number of aryl methyl sites for hydroxylation is 2. The third-order valence-corrected chi connectivity index (χ3v) is 3.94. The molecule has 0 aliphatic carbocycles. The van der Waals surface area contributed by atoms with Crippen LogP contribution < -0.4 is 10.1 Å². The maximum Gasteiger partial charge on any atom is 0.258 e. The van der Waals surface area contributed by atoms with Crippen LogP contribution in [-0.2, 0) is 4.79 Å². The van der Waals surface area contributed by atoms with Crippen LogP contribution in [0.5, 0.6) is 5.75 Å². The summed E-state index contributed by atoms with van der Waals surface area (Å²) in [5.74, 6) is 1.28. The van der Waals surface area contributed by atoms with Crippen molar-refractivity contribution in [2.45, 2.75) is 26.8 Å². The number of ether oxygens (including phenoxy) is 1. The van der Waals surface area contributed by atoms with Gasteiger partial charge in [0, 0.05) is 5.39 Å². The van der Waals surface area contributed by atoms with E-state index in [-0.39, 0.29) is 18.6 Å². The molecule has 0 saturated heterocycles. The van der Waals surface area contributed by atoms with E-state index in [2.05, 4.69) is 5.32 Å². The highest BCUT2D eigenvalue weighted by molar-refractivity contribution is 5.79. The number of carbonyl (C=O) groups excluding carboxylic acids is 1. The lowest BCUT2D eigenvalue weighted by Gasteiger charge is -2.13. The molecule has 1 amide bonds. The van der Waals surface area contributed by atoms with Crippen LogP contribution >= 0.6 is 0 Å². The molecule has 0 fully saturated rings. The van der Waals surface area contributed by atoms with Gasteiger partial charge in [-0.2, -0.15) is 0 Å². The fraction of sp³-hybridized carbons (Fsp3) is 0.250. The summed E-state index contributed by atoms with van der Waals surface area (Å²) in [4.78, 5) is 12.1. The highest BCUT2D eigenvalue weighted by atomic mass is 16.5. The quantitative estimate of drug-likeness (QED) is 0.761. The normalized spacial score (nSPS) is 12.1. The van der Waals surface area contributed by atoms with E-state index >= 15 is 0 Å². The summed E-state index contributed by atoms with van der Waals surface area (Å²) < 4.78 is 11.4. The second-order valence-electron chi connectivity index (χ2n) is 6.03. The second kappa shape index (κ2) is 6.79. The lowest BCUT2D eigenvalue weighted by molar-refractivity contribution is -0.123. The zero-order valence-electron chi connectivity index (χ0n) is 14.1. The minimum atomic E-state index is -0.215. The number of rotatable bonds is 5. The van der Waals surface area contributed by atoms with E-state index in [1.807, 2.05) is 69.3 Å². The standard InChI is InChI=1S/C20H21NO3/c1-13-8-9-17(14(2)10-13)23-12-20(22)21-15(3)19-11-16-6-4-5-7-18(16)24-19/h4-11,15H,12H2,1-3H3,(H,21,22). The molecule has 1 heterocycles. The maximum atomic E-state index is 12.1. The first-order chi connectivity index (χ1) is 11.5. The third kappa shape index (κ3) is 3.59. The van der Waals surface area contributed by atoms with Crippen LogP contribution in [-0.4, -0.2) is 12.5 Å². The average molecular weight is 323 g/mol. The van der Waals surface area contributed by atoms with E-state index in [0.29, 0.717) is 0 Å². The highest BCUT2D eigenvalue weighted by Crippen LogP contribution is 2.23. The van der Waals surface area contributed by atoms with E-state index in [0.717, 1.165) is 28.0 Å². The van der Waals surface area contributed by atoms with Gasteiger partial charge in [0.05, 0.1) is 6.04 Å². The Morgan fingerprint density at radius 3 is 2.71 bits per heavy atom. The number of para-hydroxylation sites is 1. The topological polar surface area (TPSA) is 51.5 Å². The van der Waals surface area contributed by atoms with Crippen molar-refractivity contribution in [2.24, 2.45) is 0 Å². The summed E-state index contributed by atoms with van der Waals surface area (Å²) in [7, 11) is 0. The number of furan rings is 1. The van der Waals surface area contributed by atoms with E-state index in [9.17, 15) is 4.79 Å². The minimum absolute atomic E-state index is 0.0194. The first-order valence-corrected chi connectivity index (χ1v) is 8.01. The number of nitrogens with one attached hydrogen (secondary N) is 1. The Morgan fingerprint density at radius 2 is 1.96 bits per heavy atom. The van der Waals surface area contributed by atoms with Crippen molar-refractivity contribution in [3.05, 3.63) is 65.4 Å². The van der Waals surface area contributed by atoms with Gasteiger partial charge in [-0.1, -0.05) is 35.9 Å². The number of amides is 1. The molecule has 0 spiro atoms. The smallest absolute Gasteiger partial charge is 0.258 e. The Labute approximate surface area is 141 Å². The van der Waals surface area contributed by atoms with Gasteiger partial charge in [0.25, 0.3) is 5.91 Å². The van der Waals surface area contributed by atoms with Crippen molar-refractivity contribution in [1.29, 1.82) is 0 Å². The fourth-order valence-corrected chi connectivity index (χ4v) is 2.67. The first kappa shape index (κ1) is 16.1. The van der Waals surface area contributed by atoms with Crippen LogP contribution in [0, 0.1) is 13.8 Å². The monoisotopic (exact) mass is 323 g/mol. The summed E-state index contributed by atoms with van der Waals surface area (Å²) in [5, 5.41) is 3.93. The molecule has 0 radical (unpaired) electrons. The molecule has 4 nitrogen and oxygen atoms in total. The molecule has 0 saturated carbocycles. The molecule has 2 aromatic carbocycles. The largest absolute Gasteiger partial charge is 0.484 e. The van der Waals surface area contributed by atoms with Gasteiger partial charge in [0.15, 0.2) is 6.61 Å². The minimum Gasteiger partial charge on any atom is -0.484 e. The Hall–Kier alpha value is -2.75. The van der Waals surface area contributed by atoms with Crippen LogP contribution in [0.2, 0.25) is 0 Å². The van der Waals surface area contributed by atoms with Gasteiger partial charge in [-0.15, -0.1) is 0 Å². The van der Waals surface area contributed by atoms with Gasteiger partial charge < -0.3 is 14.5 Å². The van der Waals surface area contributed by atoms with Crippen molar-refractivity contribution in [3.63, 3.8) is 0 Å². The fourth-order valence-electron chi connectivity index (χ4n) is 2.67. The Morgan fingerprint density at radius 1 is 1.17 bits per heavy atom. The molecule has 4 heteroatoms. The second-order valence-corrected chi connectivity index (χ2v) is 6.03. The van der Waals surface area contributed by atoms with Gasteiger partial charge in [-0.05, 0) is 44.5 Å². The Balaban J connectivity index is 1.59. The first-order valence-electron chi connectivity index (χ1n) is 8.01. The Bertz CT molecular complexity index is 833. The van der Waals surface area contributed by atoms with E-state index in [1.165, 1.54) is 5.56 Å². The number of carbonyl (C=O) groups is 1. The van der Waals surface area contributed by atoms with Crippen LogP contribution in [0.4, 0.5) is 0 Å². The number of benzene rings is 2. The van der Waals surface area contributed by atoms with E-state index in [1.54, 1.807) is 0 Å². The maximum absolute atomic E-state index is 12.1. The van der Waals surface area contributed by atoms with Crippen LogP contribution in [0.3, 0.4) is 0 Å². The molecule has 3 aromatic rings. The van der Waals surface area contributed by atoms with Crippen molar-refractivity contribution in [3.8, 4) is 5.75 Å². The summed E-state index contributed by atoms with van der Waals surface area (Å²) in [5.41, 5.74) is 3.01. The number of hydrogen-bond donors (Lipinski definition) is 1. The summed E-state index contributed by atoms with van der Waals surface area (Å²) >= 11 is 0. The van der Waals surface area contributed by atoms with E-state index in [4.69, 9.17) is 9.15 Å². The summed E-state index contributed by atoms with van der Waals surface area (Å²) in [6, 6.07) is 15.4. The molecule has 0 bridgehead atoms. The van der Waals surface area contributed by atoms with Crippen molar-refractivity contribution in [1.82, 2.24) is 5.32 Å². The molecule has 3 rings (SSSR count). The van der Waals surface area contributed by atoms with Crippen molar-refractivity contribution in [2.75, 3.05) is 6.61 Å². The van der Waals surface area contributed by atoms with Gasteiger partial charge in [-0.3, -0.25) is 4.79 Å². The summed E-state index contributed by atoms with van der Waals surface area (Å²) in [6.07, 6.45) is 0. The molecule has 1 aromatic heterocycles. The zero-order chi connectivity index (χ0) is 17.1. The van der Waals surface area contributed by atoms with Gasteiger partial charge in [0.2, 0.25) is 0 Å². The SMILES string of the molecule is Cc1ccc(OCC(=O)NC(C)c2cc3ccccc3o2)c(C)c1. The molecule has 1 N–H and O–H groups in total. The molecule has 0 aliphatic rings. The van der Waals surface area contributed by atoms with Crippen LogP contribution in [0.25, 0.3) is 11.0 Å².